The summed E-state index contributed by atoms with van der Waals surface area (Å²) in [6.07, 6.45) is -0.0264. The zero-order valence-corrected chi connectivity index (χ0v) is 10.1. The van der Waals surface area contributed by atoms with Crippen LogP contribution in [0.25, 0.3) is 0 Å². The summed E-state index contributed by atoms with van der Waals surface area (Å²) >= 11 is 1.54. The number of rotatable bonds is 2. The van der Waals surface area contributed by atoms with E-state index < -0.39 is 15.9 Å². The van der Waals surface area contributed by atoms with Crippen LogP contribution in [-0.2, 0) is 9.84 Å². The van der Waals surface area contributed by atoms with Gasteiger partial charge >= 0.3 is 0 Å². The van der Waals surface area contributed by atoms with Crippen LogP contribution in [-0.4, -0.2) is 25.0 Å². The lowest BCUT2D eigenvalue weighted by atomic mass is 10.0. The van der Waals surface area contributed by atoms with E-state index in [1.54, 1.807) is 0 Å². The molecule has 2 atom stereocenters. The van der Waals surface area contributed by atoms with Crippen LogP contribution in [0.3, 0.4) is 0 Å². The summed E-state index contributed by atoms with van der Waals surface area (Å²) in [5, 5.41) is 10.0. The van der Waals surface area contributed by atoms with Crippen molar-refractivity contribution in [3.05, 3.63) is 21.9 Å². The second-order valence-electron chi connectivity index (χ2n) is 4.06. The van der Waals surface area contributed by atoms with Crippen LogP contribution in [0, 0.1) is 12.8 Å². The third kappa shape index (κ3) is 2.41. The van der Waals surface area contributed by atoms with E-state index >= 15 is 0 Å². The van der Waals surface area contributed by atoms with Crippen molar-refractivity contribution in [1.82, 2.24) is 0 Å². The SMILES string of the molecule is Cc1ccc(C(O)C2CCS(=O)(=O)C2)s1. The van der Waals surface area contributed by atoms with Gasteiger partial charge in [-0.05, 0) is 25.5 Å². The molecule has 2 heterocycles. The second-order valence-corrected chi connectivity index (χ2v) is 7.60. The smallest absolute Gasteiger partial charge is 0.150 e. The molecule has 3 nitrogen and oxygen atoms in total. The lowest BCUT2D eigenvalue weighted by Gasteiger charge is -2.14. The van der Waals surface area contributed by atoms with E-state index in [-0.39, 0.29) is 17.4 Å². The van der Waals surface area contributed by atoms with Crippen LogP contribution < -0.4 is 0 Å². The highest BCUT2D eigenvalue weighted by Gasteiger charge is 2.33. The van der Waals surface area contributed by atoms with Crippen molar-refractivity contribution in [3.63, 3.8) is 0 Å². The predicted octanol–water partition coefficient (Wildman–Crippen LogP) is 1.52. The molecule has 0 radical (unpaired) electrons. The van der Waals surface area contributed by atoms with Crippen LogP contribution in [0.15, 0.2) is 12.1 Å². The normalized spacial score (nSPS) is 26.7. The van der Waals surface area contributed by atoms with E-state index in [4.69, 9.17) is 0 Å². The van der Waals surface area contributed by atoms with Crippen molar-refractivity contribution < 1.29 is 13.5 Å². The minimum absolute atomic E-state index is 0.118. The molecule has 1 fully saturated rings. The van der Waals surface area contributed by atoms with Gasteiger partial charge in [-0.3, -0.25) is 0 Å². The van der Waals surface area contributed by atoms with E-state index in [1.807, 2.05) is 19.1 Å². The molecule has 2 rings (SSSR count). The fraction of sp³-hybridized carbons (Fsp3) is 0.600. The van der Waals surface area contributed by atoms with Gasteiger partial charge < -0.3 is 5.11 Å². The fourth-order valence-corrected chi connectivity index (χ4v) is 4.70. The average Bonchev–Trinajstić information content (AvgIpc) is 2.71. The molecule has 1 N–H and O–H groups in total. The molecule has 1 aromatic rings. The van der Waals surface area contributed by atoms with Gasteiger partial charge in [-0.25, -0.2) is 8.42 Å². The quantitative estimate of drug-likeness (QED) is 0.861. The van der Waals surface area contributed by atoms with E-state index in [0.29, 0.717) is 6.42 Å². The molecule has 0 aromatic carbocycles. The molecule has 0 saturated carbocycles. The molecule has 1 aliphatic rings. The molecule has 0 aliphatic carbocycles. The minimum Gasteiger partial charge on any atom is -0.387 e. The van der Waals surface area contributed by atoms with E-state index in [1.165, 1.54) is 11.3 Å². The van der Waals surface area contributed by atoms with Crippen LogP contribution in [0.4, 0.5) is 0 Å². The first-order valence-electron chi connectivity index (χ1n) is 4.93. The third-order valence-electron chi connectivity index (χ3n) is 2.77. The molecule has 1 saturated heterocycles. The highest BCUT2D eigenvalue weighted by atomic mass is 32.2. The summed E-state index contributed by atoms with van der Waals surface area (Å²) < 4.78 is 22.5. The Hall–Kier alpha value is -0.390. The molecular weight excluding hydrogens is 232 g/mol. The number of hydrogen-bond acceptors (Lipinski definition) is 4. The number of sulfone groups is 1. The molecule has 0 spiro atoms. The Morgan fingerprint density at radius 2 is 2.27 bits per heavy atom. The first-order valence-corrected chi connectivity index (χ1v) is 7.56. The van der Waals surface area contributed by atoms with Crippen molar-refractivity contribution in [3.8, 4) is 0 Å². The maximum atomic E-state index is 11.3. The van der Waals surface area contributed by atoms with Crippen molar-refractivity contribution in [1.29, 1.82) is 0 Å². The number of aliphatic hydroxyl groups is 1. The van der Waals surface area contributed by atoms with Crippen LogP contribution in [0.1, 0.15) is 22.3 Å². The number of aliphatic hydroxyl groups excluding tert-OH is 1. The molecule has 0 bridgehead atoms. The Labute approximate surface area is 93.7 Å². The monoisotopic (exact) mass is 246 g/mol. The maximum Gasteiger partial charge on any atom is 0.150 e. The molecule has 0 amide bonds. The zero-order chi connectivity index (χ0) is 11.1. The Morgan fingerprint density at radius 3 is 2.73 bits per heavy atom. The summed E-state index contributed by atoms with van der Waals surface area (Å²) in [6, 6.07) is 3.84. The first kappa shape index (κ1) is 11.1. The first-order chi connectivity index (χ1) is 6.98. The topological polar surface area (TPSA) is 54.4 Å². The Kier molecular flexibility index (Phi) is 2.87. The predicted molar refractivity (Wildman–Crippen MR) is 60.8 cm³/mol. The summed E-state index contributed by atoms with van der Waals surface area (Å²) in [4.78, 5) is 2.03. The van der Waals surface area contributed by atoms with Gasteiger partial charge in [-0.1, -0.05) is 0 Å². The standard InChI is InChI=1S/C10H14O3S2/c1-7-2-3-9(14-7)10(11)8-4-5-15(12,13)6-8/h2-3,8,10-11H,4-6H2,1H3. The molecule has 1 aromatic heterocycles. The van der Waals surface area contributed by atoms with Crippen LogP contribution >= 0.6 is 11.3 Å². The molecule has 1 aliphatic heterocycles. The Bertz CT molecular complexity index is 447. The number of thiophene rings is 1. The van der Waals surface area contributed by atoms with Gasteiger partial charge in [0.25, 0.3) is 0 Å². The minimum atomic E-state index is -2.90. The second kappa shape index (κ2) is 3.88. The zero-order valence-electron chi connectivity index (χ0n) is 8.51. The molecule has 5 heteroatoms. The molecule has 15 heavy (non-hydrogen) atoms. The Morgan fingerprint density at radius 1 is 1.53 bits per heavy atom. The van der Waals surface area contributed by atoms with Crippen molar-refractivity contribution in [2.45, 2.75) is 19.4 Å². The summed E-state index contributed by atoms with van der Waals surface area (Å²) in [6.45, 7) is 1.98. The molecular formula is C10H14O3S2. The van der Waals surface area contributed by atoms with Gasteiger partial charge in [0.1, 0.15) is 0 Å². The van der Waals surface area contributed by atoms with Gasteiger partial charge in [-0.2, -0.15) is 0 Å². The highest BCUT2D eigenvalue weighted by molar-refractivity contribution is 7.91. The maximum absolute atomic E-state index is 11.3. The third-order valence-corrected chi connectivity index (χ3v) is 5.63. The van der Waals surface area contributed by atoms with Gasteiger partial charge in [0.2, 0.25) is 0 Å². The van der Waals surface area contributed by atoms with E-state index in [9.17, 15) is 13.5 Å². The van der Waals surface area contributed by atoms with Crippen LogP contribution in [0.2, 0.25) is 0 Å². The van der Waals surface area contributed by atoms with Gasteiger partial charge in [0.05, 0.1) is 17.6 Å². The Balaban J connectivity index is 2.13. The lowest BCUT2D eigenvalue weighted by Crippen LogP contribution is -2.13. The highest BCUT2D eigenvalue weighted by Crippen LogP contribution is 2.34. The molecule has 84 valence electrons. The van der Waals surface area contributed by atoms with E-state index in [0.717, 1.165) is 9.75 Å². The van der Waals surface area contributed by atoms with Crippen molar-refractivity contribution in [2.75, 3.05) is 11.5 Å². The lowest BCUT2D eigenvalue weighted by molar-refractivity contribution is 0.124. The van der Waals surface area contributed by atoms with Gasteiger partial charge in [0.15, 0.2) is 9.84 Å². The van der Waals surface area contributed by atoms with E-state index in [2.05, 4.69) is 0 Å². The average molecular weight is 246 g/mol. The number of hydrogen-bond donors (Lipinski definition) is 1. The van der Waals surface area contributed by atoms with Crippen molar-refractivity contribution in [2.24, 2.45) is 5.92 Å². The van der Waals surface area contributed by atoms with Crippen molar-refractivity contribution >= 4 is 21.2 Å². The number of aryl methyl sites for hydroxylation is 1. The summed E-state index contributed by atoms with van der Waals surface area (Å²) in [5.74, 6) is 0.234. The molecule has 2 unspecified atom stereocenters. The van der Waals surface area contributed by atoms with Gasteiger partial charge in [-0.15, -0.1) is 11.3 Å². The summed E-state index contributed by atoms with van der Waals surface area (Å²) in [7, 11) is -2.90. The van der Waals surface area contributed by atoms with Crippen LogP contribution in [0.5, 0.6) is 0 Å². The largest absolute Gasteiger partial charge is 0.387 e. The summed E-state index contributed by atoms with van der Waals surface area (Å²) in [5.41, 5.74) is 0. The fourth-order valence-electron chi connectivity index (χ4n) is 1.92. The van der Waals surface area contributed by atoms with Gasteiger partial charge in [0, 0.05) is 15.7 Å².